The first-order valence-electron chi connectivity index (χ1n) is 4.97. The lowest BCUT2D eigenvalue weighted by atomic mass is 10.3. The standard InChI is InChI=1S/C10H12N2O4S2/c1-7-6-8(17-9(7)10(13)14)18(15,16)12(2)5-3-4-11/h6H,3,5H2,1-2H3,(H,13,14). The van der Waals surface area contributed by atoms with E-state index < -0.39 is 16.0 Å². The molecular formula is C10H12N2O4S2. The third-order valence-electron chi connectivity index (χ3n) is 2.29. The molecule has 1 heterocycles. The maximum absolute atomic E-state index is 12.1. The molecule has 1 aromatic heterocycles. The van der Waals surface area contributed by atoms with Crippen molar-refractivity contribution in [1.29, 1.82) is 5.26 Å². The van der Waals surface area contributed by atoms with Gasteiger partial charge < -0.3 is 5.11 Å². The lowest BCUT2D eigenvalue weighted by Crippen LogP contribution is -2.27. The zero-order valence-electron chi connectivity index (χ0n) is 9.87. The molecule has 0 saturated heterocycles. The quantitative estimate of drug-likeness (QED) is 0.880. The summed E-state index contributed by atoms with van der Waals surface area (Å²) in [6.07, 6.45) is 0.0892. The fraction of sp³-hybridized carbons (Fsp3) is 0.400. The monoisotopic (exact) mass is 288 g/mol. The smallest absolute Gasteiger partial charge is 0.346 e. The predicted octanol–water partition coefficient (Wildman–Crippen LogP) is 1.29. The van der Waals surface area contributed by atoms with Crippen LogP contribution in [0, 0.1) is 18.3 Å². The van der Waals surface area contributed by atoms with E-state index in [9.17, 15) is 13.2 Å². The molecule has 0 atom stereocenters. The van der Waals surface area contributed by atoms with Crippen LogP contribution in [0.2, 0.25) is 0 Å². The first kappa shape index (κ1) is 14.6. The lowest BCUT2D eigenvalue weighted by molar-refractivity contribution is 0.0701. The zero-order valence-corrected chi connectivity index (χ0v) is 11.5. The summed E-state index contributed by atoms with van der Waals surface area (Å²) in [7, 11) is -2.35. The molecule has 0 aromatic carbocycles. The van der Waals surface area contributed by atoms with Crippen LogP contribution in [0.25, 0.3) is 0 Å². The average Bonchev–Trinajstić information content (AvgIpc) is 2.68. The molecule has 0 bridgehead atoms. The highest BCUT2D eigenvalue weighted by molar-refractivity contribution is 7.91. The van der Waals surface area contributed by atoms with Crippen molar-refractivity contribution in [3.63, 3.8) is 0 Å². The number of nitriles is 1. The molecule has 0 amide bonds. The van der Waals surface area contributed by atoms with E-state index in [1.54, 1.807) is 6.92 Å². The van der Waals surface area contributed by atoms with Crippen molar-refractivity contribution < 1.29 is 18.3 Å². The van der Waals surface area contributed by atoms with E-state index >= 15 is 0 Å². The molecule has 1 N–H and O–H groups in total. The number of sulfonamides is 1. The Bertz CT molecular complexity index is 598. The average molecular weight is 288 g/mol. The number of carboxylic acid groups (broad SMARTS) is 1. The van der Waals surface area contributed by atoms with Crippen LogP contribution in [0.15, 0.2) is 10.3 Å². The fourth-order valence-electron chi connectivity index (χ4n) is 1.27. The third-order valence-corrected chi connectivity index (χ3v) is 5.82. The number of carbonyl (C=O) groups is 1. The van der Waals surface area contributed by atoms with E-state index in [0.717, 1.165) is 15.6 Å². The zero-order chi connectivity index (χ0) is 13.9. The molecule has 6 nitrogen and oxygen atoms in total. The van der Waals surface area contributed by atoms with E-state index in [1.807, 2.05) is 6.07 Å². The van der Waals surface area contributed by atoms with Crippen LogP contribution in [-0.2, 0) is 10.0 Å². The molecule has 8 heteroatoms. The van der Waals surface area contributed by atoms with Crippen LogP contribution >= 0.6 is 11.3 Å². The van der Waals surface area contributed by atoms with Crippen molar-refractivity contribution in [3.05, 3.63) is 16.5 Å². The van der Waals surface area contributed by atoms with E-state index in [-0.39, 0.29) is 22.1 Å². The largest absolute Gasteiger partial charge is 0.477 e. The molecule has 0 saturated carbocycles. The van der Waals surface area contributed by atoms with Gasteiger partial charge in [-0.25, -0.2) is 13.2 Å². The Labute approximate surface area is 109 Å². The molecule has 0 spiro atoms. The molecule has 1 aromatic rings. The van der Waals surface area contributed by atoms with Gasteiger partial charge in [-0.2, -0.15) is 9.57 Å². The first-order chi connectivity index (χ1) is 8.30. The van der Waals surface area contributed by atoms with Gasteiger partial charge in [-0.3, -0.25) is 0 Å². The van der Waals surface area contributed by atoms with Gasteiger partial charge in [0.1, 0.15) is 9.09 Å². The summed E-state index contributed by atoms with van der Waals surface area (Å²) in [5, 5.41) is 17.3. The van der Waals surface area contributed by atoms with Gasteiger partial charge in [-0.15, -0.1) is 11.3 Å². The minimum Gasteiger partial charge on any atom is -0.477 e. The van der Waals surface area contributed by atoms with E-state index in [4.69, 9.17) is 10.4 Å². The minimum atomic E-state index is -3.71. The van der Waals surface area contributed by atoms with Gasteiger partial charge in [-0.1, -0.05) is 0 Å². The summed E-state index contributed by atoms with van der Waals surface area (Å²) in [5.41, 5.74) is 0.416. The summed E-state index contributed by atoms with van der Waals surface area (Å²) in [4.78, 5) is 10.9. The third kappa shape index (κ3) is 2.87. The van der Waals surface area contributed by atoms with Crippen molar-refractivity contribution >= 4 is 27.3 Å². The van der Waals surface area contributed by atoms with Crippen molar-refractivity contribution in [2.24, 2.45) is 0 Å². The van der Waals surface area contributed by atoms with Crippen LogP contribution in [0.4, 0.5) is 0 Å². The highest BCUT2D eigenvalue weighted by Crippen LogP contribution is 2.28. The summed E-state index contributed by atoms with van der Waals surface area (Å²) in [6, 6.07) is 3.20. The number of thiophene rings is 1. The normalized spacial score (nSPS) is 11.4. The number of hydrogen-bond donors (Lipinski definition) is 1. The molecule has 98 valence electrons. The van der Waals surface area contributed by atoms with Crippen LogP contribution < -0.4 is 0 Å². The Kier molecular flexibility index (Phi) is 4.45. The predicted molar refractivity (Wildman–Crippen MR) is 66.1 cm³/mol. The second-order valence-corrected chi connectivity index (χ2v) is 6.94. The Morgan fingerprint density at radius 2 is 2.22 bits per heavy atom. The highest BCUT2D eigenvalue weighted by atomic mass is 32.2. The molecule has 0 aliphatic carbocycles. The Morgan fingerprint density at radius 1 is 1.61 bits per heavy atom. The van der Waals surface area contributed by atoms with E-state index in [1.165, 1.54) is 13.1 Å². The summed E-state index contributed by atoms with van der Waals surface area (Å²) < 4.78 is 25.2. The minimum absolute atomic E-state index is 0.0159. The van der Waals surface area contributed by atoms with E-state index in [2.05, 4.69) is 0 Å². The number of hydrogen-bond acceptors (Lipinski definition) is 5. The van der Waals surface area contributed by atoms with Crippen molar-refractivity contribution in [2.75, 3.05) is 13.6 Å². The Balaban J connectivity index is 3.10. The molecule has 0 unspecified atom stereocenters. The number of nitrogens with zero attached hydrogens (tertiary/aromatic N) is 2. The van der Waals surface area contributed by atoms with Gasteiger partial charge in [0.05, 0.1) is 6.07 Å². The van der Waals surface area contributed by atoms with Crippen molar-refractivity contribution in [3.8, 4) is 6.07 Å². The number of aryl methyl sites for hydroxylation is 1. The lowest BCUT2D eigenvalue weighted by Gasteiger charge is -2.13. The molecule has 0 aliphatic rings. The van der Waals surface area contributed by atoms with Gasteiger partial charge in [0.25, 0.3) is 10.0 Å². The van der Waals surface area contributed by atoms with Gasteiger partial charge in [0, 0.05) is 20.0 Å². The first-order valence-corrected chi connectivity index (χ1v) is 7.23. The molecular weight excluding hydrogens is 276 g/mol. The summed E-state index contributed by atoms with van der Waals surface area (Å²) >= 11 is 0.724. The second-order valence-electron chi connectivity index (χ2n) is 3.62. The van der Waals surface area contributed by atoms with Crippen LogP contribution in [0.5, 0.6) is 0 Å². The fourth-order valence-corrected chi connectivity index (χ4v) is 4.04. The SMILES string of the molecule is Cc1cc(S(=O)(=O)N(C)CCC#N)sc1C(=O)O. The van der Waals surface area contributed by atoms with Crippen molar-refractivity contribution in [2.45, 2.75) is 17.6 Å². The second kappa shape index (κ2) is 5.48. The summed E-state index contributed by atoms with van der Waals surface area (Å²) in [6.45, 7) is 1.63. The van der Waals surface area contributed by atoms with Gasteiger partial charge in [-0.05, 0) is 18.6 Å². The summed E-state index contributed by atoms with van der Waals surface area (Å²) in [5.74, 6) is -1.14. The van der Waals surface area contributed by atoms with Crippen LogP contribution in [-0.4, -0.2) is 37.4 Å². The van der Waals surface area contributed by atoms with Gasteiger partial charge >= 0.3 is 5.97 Å². The van der Waals surface area contributed by atoms with E-state index in [0.29, 0.717) is 5.56 Å². The van der Waals surface area contributed by atoms with Gasteiger partial charge in [0.15, 0.2) is 0 Å². The molecule has 18 heavy (non-hydrogen) atoms. The molecule has 1 rings (SSSR count). The molecule has 0 radical (unpaired) electrons. The van der Waals surface area contributed by atoms with Crippen molar-refractivity contribution in [1.82, 2.24) is 4.31 Å². The van der Waals surface area contributed by atoms with Crippen LogP contribution in [0.1, 0.15) is 21.7 Å². The number of aromatic carboxylic acids is 1. The topological polar surface area (TPSA) is 98.5 Å². The Hall–Kier alpha value is -1.43. The maximum Gasteiger partial charge on any atom is 0.346 e. The number of rotatable bonds is 5. The number of carboxylic acids is 1. The highest BCUT2D eigenvalue weighted by Gasteiger charge is 2.25. The molecule has 0 fully saturated rings. The molecule has 0 aliphatic heterocycles. The van der Waals surface area contributed by atoms with Gasteiger partial charge in [0.2, 0.25) is 0 Å². The van der Waals surface area contributed by atoms with Crippen LogP contribution in [0.3, 0.4) is 0 Å². The Morgan fingerprint density at radius 3 is 2.67 bits per heavy atom. The maximum atomic E-state index is 12.1.